The molecule has 1 unspecified atom stereocenters. The van der Waals surface area contributed by atoms with Gasteiger partial charge in [-0.1, -0.05) is 0 Å². The molecular formula is C20H11Br2HgNaO6. The van der Waals surface area contributed by atoms with Gasteiger partial charge in [0.05, 0.1) is 0 Å². The minimum Gasteiger partial charge on any atom is 0 e. The third kappa shape index (κ3) is 3.18. The van der Waals surface area contributed by atoms with Crippen LogP contribution in [0, 0.1) is 0 Å². The van der Waals surface area contributed by atoms with E-state index in [0.29, 0.717) is 45.8 Å². The van der Waals surface area contributed by atoms with Crippen LogP contribution in [0.25, 0.3) is 0 Å². The van der Waals surface area contributed by atoms with Gasteiger partial charge in [0.25, 0.3) is 0 Å². The summed E-state index contributed by atoms with van der Waals surface area (Å²) in [5.74, 6) is 0.562. The smallest absolute Gasteiger partial charge is 0 e. The van der Waals surface area contributed by atoms with Crippen molar-refractivity contribution in [1.29, 1.82) is 0 Å². The molecule has 0 amide bonds. The molecule has 0 bridgehead atoms. The summed E-state index contributed by atoms with van der Waals surface area (Å²) in [6.45, 7) is 0. The third-order valence-corrected chi connectivity index (χ3v) is 8.88. The fourth-order valence-corrected chi connectivity index (χ4v) is 7.41. The maximum absolute atomic E-state index is 12.8. The van der Waals surface area contributed by atoms with E-state index >= 15 is 0 Å². The summed E-state index contributed by atoms with van der Waals surface area (Å²) in [5.41, 5.74) is 1.21. The van der Waals surface area contributed by atoms with Crippen LogP contribution in [0.1, 0.15) is 27.0 Å². The van der Waals surface area contributed by atoms with Crippen LogP contribution in [-0.4, -0.2) is 51.2 Å². The standard InChI is InChI=1S/C20H9Br2O5.Hg.Na.H2O/c21-13-5-11-17(7-15(13)23)26-18-8-16(24)14(22)6-12(18)20(11)10-4-2-1-3-9(10)19(25)27-20;;;/h1-7,23-24H;;;1H2. The van der Waals surface area contributed by atoms with Crippen LogP contribution in [0.4, 0.5) is 0 Å². The second kappa shape index (κ2) is 8.39. The van der Waals surface area contributed by atoms with Crippen molar-refractivity contribution in [1.82, 2.24) is 0 Å². The molecule has 0 fully saturated rings. The Balaban J connectivity index is 0.00000128. The predicted octanol–water partition coefficient (Wildman–Crippen LogP) is 3.16. The van der Waals surface area contributed by atoms with Gasteiger partial charge in [-0.3, -0.25) is 0 Å². The maximum Gasteiger partial charge on any atom is 0 e. The largest absolute Gasteiger partial charge is 0 e. The molecule has 5 rings (SSSR count). The molecule has 0 saturated carbocycles. The quantitative estimate of drug-likeness (QED) is 0.273. The maximum atomic E-state index is 12.8. The number of hydrogen-bond donors (Lipinski definition) is 2. The molecular weight excluding hydrogens is 720 g/mol. The predicted molar refractivity (Wildman–Crippen MR) is 112 cm³/mol. The number of carbonyl (C=O) groups excluding carboxylic acids is 1. The van der Waals surface area contributed by atoms with Gasteiger partial charge >= 0.3 is 194 Å². The Kier molecular flexibility index (Phi) is 6.72. The van der Waals surface area contributed by atoms with E-state index < -0.39 is 11.6 Å². The molecule has 1 spiro atoms. The number of halogens is 2. The molecule has 1 radical (unpaired) electrons. The van der Waals surface area contributed by atoms with Gasteiger partial charge in [-0.15, -0.1) is 0 Å². The molecule has 4 N–H and O–H groups in total. The molecule has 3 aromatic rings. The fourth-order valence-electron chi connectivity index (χ4n) is 3.83. The van der Waals surface area contributed by atoms with E-state index in [1.165, 1.54) is 6.07 Å². The summed E-state index contributed by atoms with van der Waals surface area (Å²) >= 11 is 6.78. The molecule has 6 nitrogen and oxygen atoms in total. The van der Waals surface area contributed by atoms with E-state index in [9.17, 15) is 15.0 Å². The van der Waals surface area contributed by atoms with Crippen LogP contribution >= 0.6 is 31.9 Å². The van der Waals surface area contributed by atoms with Crippen LogP contribution in [0.2, 0.25) is 0 Å². The number of rotatable bonds is 0. The van der Waals surface area contributed by atoms with E-state index in [4.69, 9.17) is 9.47 Å². The number of hydrogen-bond acceptors (Lipinski definition) is 5. The zero-order valence-corrected chi connectivity index (χ0v) is 26.3. The normalized spacial score (nSPS) is 17.7. The number of aromatic hydroxyl groups is 2. The monoisotopic (exact) mass is 730 g/mol. The second-order valence-corrected chi connectivity index (χ2v) is 11.0. The Morgan fingerprint density at radius 1 is 0.967 bits per heavy atom. The van der Waals surface area contributed by atoms with Gasteiger partial charge in [-0.2, -0.15) is 0 Å². The Hall–Kier alpha value is -0.615. The number of fused-ring (bicyclic) bond motifs is 6. The molecule has 0 saturated heterocycles. The van der Waals surface area contributed by atoms with E-state index in [2.05, 4.69) is 31.9 Å². The molecule has 2 heterocycles. The second-order valence-electron chi connectivity index (χ2n) is 6.58. The number of carbonyl (C=O) groups is 1. The number of phenols is 2. The van der Waals surface area contributed by atoms with Crippen molar-refractivity contribution in [3.63, 3.8) is 0 Å². The first-order valence-electron chi connectivity index (χ1n) is 8.26. The van der Waals surface area contributed by atoms with Crippen molar-refractivity contribution in [3.8, 4) is 23.0 Å². The molecule has 144 valence electrons. The molecule has 0 aromatic heterocycles. The van der Waals surface area contributed by atoms with Gasteiger partial charge in [-0.25, -0.2) is 0 Å². The number of phenolic OH excluding ortho intramolecular Hbond substituents is 2. The summed E-state index contributed by atoms with van der Waals surface area (Å²) < 4.78 is 13.8. The Labute approximate surface area is 226 Å². The van der Waals surface area contributed by atoms with Crippen molar-refractivity contribution >= 4 is 70.5 Å². The fraction of sp³-hybridized carbons (Fsp3) is 0.0500. The van der Waals surface area contributed by atoms with Crippen molar-refractivity contribution < 1.29 is 56.1 Å². The van der Waals surface area contributed by atoms with Gasteiger partial charge in [0.1, 0.15) is 0 Å². The van der Waals surface area contributed by atoms with Crippen LogP contribution in [0.5, 0.6) is 23.0 Å². The number of benzene rings is 3. The average molecular weight is 731 g/mol. The van der Waals surface area contributed by atoms with Crippen LogP contribution in [-0.2, 0) is 36.5 Å². The third-order valence-electron chi connectivity index (χ3n) is 5.09. The first-order chi connectivity index (χ1) is 13.3. The van der Waals surface area contributed by atoms with E-state index in [1.807, 2.05) is 12.1 Å². The Bertz CT molecular complexity index is 1220. The first-order valence-corrected chi connectivity index (χ1v) is 12.6. The average Bonchev–Trinajstić information content (AvgIpc) is 2.97. The summed E-state index contributed by atoms with van der Waals surface area (Å²) in [5, 5.41) is 20.6. The topological polar surface area (TPSA) is 107 Å². The van der Waals surface area contributed by atoms with E-state index in [0.717, 1.165) is 0 Å². The van der Waals surface area contributed by atoms with Gasteiger partial charge in [-0.05, 0) is 0 Å². The number of ether oxygens (including phenoxy) is 2. The summed E-state index contributed by atoms with van der Waals surface area (Å²) in [4.78, 5) is 12.8. The first kappa shape index (κ1) is 24.0. The summed E-state index contributed by atoms with van der Waals surface area (Å²) in [6, 6.07) is 12.2. The molecule has 3 aromatic carbocycles. The van der Waals surface area contributed by atoms with Crippen molar-refractivity contribution in [2.45, 2.75) is 5.60 Å². The molecule has 30 heavy (non-hydrogen) atoms. The van der Waals surface area contributed by atoms with Crippen LogP contribution < -0.4 is 7.81 Å². The molecule has 0 aliphatic carbocycles. The van der Waals surface area contributed by atoms with Crippen LogP contribution in [0.3, 0.4) is 0 Å². The van der Waals surface area contributed by atoms with Gasteiger partial charge < -0.3 is 5.48 Å². The zero-order valence-electron chi connectivity index (χ0n) is 15.6. The van der Waals surface area contributed by atoms with Crippen molar-refractivity contribution in [3.05, 3.63) is 73.7 Å². The Morgan fingerprint density at radius 3 is 2.37 bits per heavy atom. The number of esters is 1. The summed E-state index contributed by atoms with van der Waals surface area (Å²) in [6.07, 6.45) is 0. The SMILES string of the molecule is O.O=C1OC2(c3cc(Br)c(O)cc3Oc3c2cc(Br)c(O)[c]3[Hg])c2ccccc21.[Na]. The molecule has 2 aliphatic rings. The molecule has 1 atom stereocenters. The van der Waals surface area contributed by atoms with Crippen LogP contribution in [0.15, 0.2) is 51.4 Å². The van der Waals surface area contributed by atoms with Gasteiger partial charge in [0.15, 0.2) is 0 Å². The van der Waals surface area contributed by atoms with E-state index in [-0.39, 0.29) is 72.7 Å². The van der Waals surface area contributed by atoms with Crippen molar-refractivity contribution in [2.24, 2.45) is 0 Å². The summed E-state index contributed by atoms with van der Waals surface area (Å²) in [7, 11) is 0. The minimum atomic E-state index is -1.23. The Morgan fingerprint density at radius 2 is 1.63 bits per heavy atom. The van der Waals surface area contributed by atoms with Gasteiger partial charge in [0, 0.05) is 29.6 Å². The zero-order chi connectivity index (χ0) is 19.8. The van der Waals surface area contributed by atoms with Gasteiger partial charge in [0.2, 0.25) is 0 Å². The molecule has 10 heteroatoms. The minimum absolute atomic E-state index is 0. The molecule has 2 aliphatic heterocycles. The van der Waals surface area contributed by atoms with Crippen molar-refractivity contribution in [2.75, 3.05) is 0 Å². The van der Waals surface area contributed by atoms with E-state index in [1.54, 1.807) is 24.3 Å².